The standard InChI is InChI=1S/C23H15Cl3N2O3/c24-16-8-7-15(19(25)12-16)13-31-21-9-6-14(11-20(21)26)10-18-22(29)27-28(23(18)30)17-4-2-1-3-5-17/h1-12H,13H2,(H,27,29). The number of amides is 2. The highest BCUT2D eigenvalue weighted by Crippen LogP contribution is 2.29. The van der Waals surface area contributed by atoms with Crippen LogP contribution in [0, 0.1) is 0 Å². The van der Waals surface area contributed by atoms with E-state index in [4.69, 9.17) is 39.5 Å². The highest BCUT2D eigenvalue weighted by Gasteiger charge is 2.34. The maximum atomic E-state index is 12.7. The highest BCUT2D eigenvalue weighted by molar-refractivity contribution is 6.35. The van der Waals surface area contributed by atoms with E-state index in [1.165, 1.54) is 11.1 Å². The van der Waals surface area contributed by atoms with Gasteiger partial charge >= 0.3 is 0 Å². The summed E-state index contributed by atoms with van der Waals surface area (Å²) in [4.78, 5) is 25.0. The number of halogens is 3. The SMILES string of the molecule is O=C1NN(c2ccccc2)C(=O)C1=Cc1ccc(OCc2ccc(Cl)cc2Cl)c(Cl)c1. The number of para-hydroxylation sites is 1. The van der Waals surface area contributed by atoms with Crippen molar-refractivity contribution in [2.24, 2.45) is 0 Å². The van der Waals surface area contributed by atoms with Crippen LogP contribution in [0.3, 0.4) is 0 Å². The van der Waals surface area contributed by atoms with E-state index < -0.39 is 11.8 Å². The molecule has 2 amide bonds. The van der Waals surface area contributed by atoms with Gasteiger partial charge in [0.05, 0.1) is 10.7 Å². The number of ether oxygens (including phenoxy) is 1. The molecule has 0 aliphatic carbocycles. The maximum Gasteiger partial charge on any atom is 0.282 e. The Kier molecular flexibility index (Phi) is 6.18. The molecule has 0 spiro atoms. The van der Waals surface area contributed by atoms with Crippen LogP contribution in [0.15, 0.2) is 72.3 Å². The molecule has 1 N–H and O–H groups in total. The zero-order valence-electron chi connectivity index (χ0n) is 15.9. The van der Waals surface area contributed by atoms with Crippen LogP contribution in [0.1, 0.15) is 11.1 Å². The van der Waals surface area contributed by atoms with E-state index in [-0.39, 0.29) is 12.2 Å². The van der Waals surface area contributed by atoms with Gasteiger partial charge in [-0.15, -0.1) is 0 Å². The minimum Gasteiger partial charge on any atom is -0.487 e. The molecule has 4 rings (SSSR count). The van der Waals surface area contributed by atoms with Gasteiger partial charge in [0.15, 0.2) is 0 Å². The summed E-state index contributed by atoms with van der Waals surface area (Å²) in [5.41, 5.74) is 4.51. The first-order chi connectivity index (χ1) is 14.9. The molecule has 1 aliphatic heterocycles. The number of carbonyl (C=O) groups is 2. The molecule has 0 unspecified atom stereocenters. The second kappa shape index (κ2) is 9.02. The van der Waals surface area contributed by atoms with E-state index in [1.807, 2.05) is 6.07 Å². The Morgan fingerprint density at radius 3 is 2.39 bits per heavy atom. The summed E-state index contributed by atoms with van der Waals surface area (Å²) in [7, 11) is 0. The maximum absolute atomic E-state index is 12.7. The molecule has 0 radical (unpaired) electrons. The Morgan fingerprint density at radius 2 is 1.68 bits per heavy atom. The average molecular weight is 474 g/mol. The summed E-state index contributed by atoms with van der Waals surface area (Å²) in [6.45, 7) is 0.211. The third-order valence-electron chi connectivity index (χ3n) is 4.57. The number of nitrogens with one attached hydrogen (secondary N) is 1. The molecule has 3 aromatic carbocycles. The van der Waals surface area contributed by atoms with E-state index in [9.17, 15) is 9.59 Å². The minimum absolute atomic E-state index is 0.0153. The quantitative estimate of drug-likeness (QED) is 0.383. The van der Waals surface area contributed by atoms with Crippen molar-refractivity contribution in [3.63, 3.8) is 0 Å². The van der Waals surface area contributed by atoms with Crippen molar-refractivity contribution in [1.82, 2.24) is 5.43 Å². The van der Waals surface area contributed by atoms with Gasteiger partial charge in [-0.05, 0) is 48.0 Å². The molecule has 5 nitrogen and oxygen atoms in total. The fourth-order valence-electron chi connectivity index (χ4n) is 3.00. The van der Waals surface area contributed by atoms with Crippen molar-refractivity contribution in [2.45, 2.75) is 6.61 Å². The Labute approximate surface area is 193 Å². The number of anilines is 1. The second-order valence-corrected chi connectivity index (χ2v) is 7.94. The lowest BCUT2D eigenvalue weighted by atomic mass is 10.1. The molecule has 31 heavy (non-hydrogen) atoms. The van der Waals surface area contributed by atoms with Crippen LogP contribution in [0.4, 0.5) is 5.69 Å². The molecular weight excluding hydrogens is 459 g/mol. The molecule has 1 heterocycles. The summed E-state index contributed by atoms with van der Waals surface area (Å²) in [6, 6.07) is 19.0. The Hall–Kier alpha value is -2.99. The minimum atomic E-state index is -0.484. The smallest absolute Gasteiger partial charge is 0.282 e. The largest absolute Gasteiger partial charge is 0.487 e. The average Bonchev–Trinajstić information content (AvgIpc) is 3.03. The fourth-order valence-corrected chi connectivity index (χ4v) is 3.71. The van der Waals surface area contributed by atoms with Crippen LogP contribution in [-0.4, -0.2) is 11.8 Å². The molecule has 156 valence electrons. The Bertz CT molecular complexity index is 1200. The monoisotopic (exact) mass is 472 g/mol. The first kappa shape index (κ1) is 21.2. The molecule has 3 aromatic rings. The van der Waals surface area contributed by atoms with Gasteiger partial charge in [0.1, 0.15) is 17.9 Å². The predicted octanol–water partition coefficient (Wildman–Crippen LogP) is 5.69. The number of benzene rings is 3. The number of carbonyl (C=O) groups excluding carboxylic acids is 2. The Morgan fingerprint density at radius 1 is 0.903 bits per heavy atom. The molecular formula is C23H15Cl3N2O3. The number of hydrogen-bond donors (Lipinski definition) is 1. The van der Waals surface area contributed by atoms with Gasteiger partial charge in [-0.1, -0.05) is 65.1 Å². The lowest BCUT2D eigenvalue weighted by Gasteiger charge is -2.13. The van der Waals surface area contributed by atoms with Crippen molar-refractivity contribution in [3.8, 4) is 5.75 Å². The lowest BCUT2D eigenvalue weighted by molar-refractivity contribution is -0.117. The van der Waals surface area contributed by atoms with Crippen LogP contribution in [0.5, 0.6) is 5.75 Å². The molecule has 0 bridgehead atoms. The number of hydrogen-bond acceptors (Lipinski definition) is 3. The molecule has 0 saturated carbocycles. The van der Waals surface area contributed by atoms with Gasteiger partial charge in [0.25, 0.3) is 11.8 Å². The van der Waals surface area contributed by atoms with E-state index >= 15 is 0 Å². The summed E-state index contributed by atoms with van der Waals surface area (Å²) in [5.74, 6) is -0.476. The Balaban J connectivity index is 1.50. The van der Waals surface area contributed by atoms with Crippen LogP contribution >= 0.6 is 34.8 Å². The molecule has 1 fully saturated rings. The molecule has 1 aliphatic rings. The molecule has 0 atom stereocenters. The summed E-state index contributed by atoms with van der Waals surface area (Å²) < 4.78 is 5.75. The molecule has 0 aromatic heterocycles. The third kappa shape index (κ3) is 4.69. The van der Waals surface area contributed by atoms with Crippen LogP contribution in [-0.2, 0) is 16.2 Å². The fraction of sp³-hybridized carbons (Fsp3) is 0.0435. The number of rotatable bonds is 5. The molecule has 8 heteroatoms. The van der Waals surface area contributed by atoms with Crippen molar-refractivity contribution >= 4 is 58.4 Å². The lowest BCUT2D eigenvalue weighted by Crippen LogP contribution is -2.35. The zero-order valence-corrected chi connectivity index (χ0v) is 18.2. The van der Waals surface area contributed by atoms with E-state index in [0.717, 1.165) is 5.56 Å². The summed E-state index contributed by atoms with van der Waals surface area (Å²) in [5, 5.41) is 2.59. The predicted molar refractivity (Wildman–Crippen MR) is 122 cm³/mol. The van der Waals surface area contributed by atoms with Crippen molar-refractivity contribution in [1.29, 1.82) is 0 Å². The zero-order chi connectivity index (χ0) is 22.0. The number of hydrazine groups is 1. The highest BCUT2D eigenvalue weighted by atomic mass is 35.5. The van der Waals surface area contributed by atoms with Gasteiger partial charge < -0.3 is 4.74 Å². The van der Waals surface area contributed by atoms with E-state index in [2.05, 4.69) is 5.43 Å². The first-order valence-corrected chi connectivity index (χ1v) is 10.3. The summed E-state index contributed by atoms with van der Waals surface area (Å²) >= 11 is 18.4. The van der Waals surface area contributed by atoms with Crippen molar-refractivity contribution in [2.75, 3.05) is 5.01 Å². The number of nitrogens with zero attached hydrogens (tertiary/aromatic N) is 1. The van der Waals surface area contributed by atoms with Gasteiger partial charge in [0.2, 0.25) is 0 Å². The van der Waals surface area contributed by atoms with Crippen LogP contribution < -0.4 is 15.2 Å². The van der Waals surface area contributed by atoms with E-state index in [0.29, 0.717) is 32.1 Å². The van der Waals surface area contributed by atoms with Crippen LogP contribution in [0.25, 0.3) is 6.08 Å². The molecule has 1 saturated heterocycles. The second-order valence-electron chi connectivity index (χ2n) is 6.69. The van der Waals surface area contributed by atoms with Gasteiger partial charge in [0, 0.05) is 15.6 Å². The van der Waals surface area contributed by atoms with Crippen LogP contribution in [0.2, 0.25) is 15.1 Å². The summed E-state index contributed by atoms with van der Waals surface area (Å²) in [6.07, 6.45) is 1.49. The van der Waals surface area contributed by atoms with Crippen molar-refractivity contribution < 1.29 is 14.3 Å². The van der Waals surface area contributed by atoms with Gasteiger partial charge in [-0.25, -0.2) is 5.01 Å². The first-order valence-electron chi connectivity index (χ1n) is 9.21. The third-order valence-corrected chi connectivity index (χ3v) is 5.45. The van der Waals surface area contributed by atoms with E-state index in [1.54, 1.807) is 60.7 Å². The van der Waals surface area contributed by atoms with Gasteiger partial charge in [-0.2, -0.15) is 0 Å². The topological polar surface area (TPSA) is 58.6 Å². The van der Waals surface area contributed by atoms with Gasteiger partial charge in [-0.3, -0.25) is 15.0 Å². The normalized spacial score (nSPS) is 14.8. The van der Waals surface area contributed by atoms with Crippen molar-refractivity contribution in [3.05, 3.63) is 98.5 Å².